The topological polar surface area (TPSA) is 42.1 Å². The van der Waals surface area contributed by atoms with Gasteiger partial charge in [-0.25, -0.2) is 9.37 Å². The third-order valence-electron chi connectivity index (χ3n) is 3.14. The van der Waals surface area contributed by atoms with E-state index in [-0.39, 0.29) is 5.82 Å². The standard InChI is InChI=1S/C16H14FN3S/c1-11-15(19-16(18)21-11)12-6-7-14(13(17)10-12)20-8-4-2-3-5-9-20/h2-10H,1H3,(H2,18,19). The van der Waals surface area contributed by atoms with Crippen LogP contribution < -0.4 is 10.6 Å². The van der Waals surface area contributed by atoms with E-state index in [1.54, 1.807) is 11.0 Å². The SMILES string of the molecule is Cc1sc(N)nc1-c1ccc(N2C=CC=CC=C2)c(F)c1. The Kier molecular flexibility index (Phi) is 3.58. The van der Waals surface area contributed by atoms with Gasteiger partial charge in [0.05, 0.1) is 11.4 Å². The van der Waals surface area contributed by atoms with Crippen LogP contribution >= 0.6 is 11.3 Å². The van der Waals surface area contributed by atoms with Crippen LogP contribution in [0.3, 0.4) is 0 Å². The van der Waals surface area contributed by atoms with Gasteiger partial charge in [0.2, 0.25) is 0 Å². The van der Waals surface area contributed by atoms with Crippen molar-refractivity contribution >= 4 is 22.2 Å². The van der Waals surface area contributed by atoms with Crippen LogP contribution in [0.4, 0.5) is 15.2 Å². The molecule has 106 valence electrons. The fourth-order valence-corrected chi connectivity index (χ4v) is 2.88. The number of aromatic nitrogens is 1. The minimum atomic E-state index is -0.297. The van der Waals surface area contributed by atoms with E-state index in [1.165, 1.54) is 17.4 Å². The average Bonchev–Trinajstić information content (AvgIpc) is 2.67. The molecule has 0 spiro atoms. The lowest BCUT2D eigenvalue weighted by atomic mass is 10.1. The van der Waals surface area contributed by atoms with Crippen LogP contribution in [0.15, 0.2) is 54.9 Å². The van der Waals surface area contributed by atoms with Crippen molar-refractivity contribution in [3.8, 4) is 11.3 Å². The van der Waals surface area contributed by atoms with E-state index in [2.05, 4.69) is 4.98 Å². The van der Waals surface area contributed by atoms with Crippen molar-refractivity contribution in [3.05, 3.63) is 65.6 Å². The number of aryl methyl sites for hydroxylation is 1. The zero-order valence-electron chi connectivity index (χ0n) is 11.5. The number of anilines is 2. The Bertz CT molecular complexity index is 743. The Morgan fingerprint density at radius 1 is 1.14 bits per heavy atom. The van der Waals surface area contributed by atoms with Crippen molar-refractivity contribution in [2.24, 2.45) is 0 Å². The Morgan fingerprint density at radius 3 is 2.43 bits per heavy atom. The number of thiazole rings is 1. The average molecular weight is 299 g/mol. The van der Waals surface area contributed by atoms with Gasteiger partial charge in [-0.05, 0) is 31.2 Å². The van der Waals surface area contributed by atoms with E-state index >= 15 is 0 Å². The van der Waals surface area contributed by atoms with Crippen molar-refractivity contribution < 1.29 is 4.39 Å². The van der Waals surface area contributed by atoms with Crippen molar-refractivity contribution in [1.82, 2.24) is 4.98 Å². The Balaban J connectivity index is 1.98. The maximum absolute atomic E-state index is 14.4. The van der Waals surface area contributed by atoms with Crippen LogP contribution in [-0.2, 0) is 0 Å². The Hall–Kier alpha value is -2.40. The summed E-state index contributed by atoms with van der Waals surface area (Å²) in [5.74, 6) is -0.297. The van der Waals surface area contributed by atoms with Crippen LogP contribution in [0, 0.1) is 12.7 Å². The third-order valence-corrected chi connectivity index (χ3v) is 3.94. The minimum Gasteiger partial charge on any atom is -0.375 e. The number of rotatable bonds is 2. The maximum Gasteiger partial charge on any atom is 0.180 e. The predicted octanol–water partition coefficient (Wildman–Crippen LogP) is 4.24. The summed E-state index contributed by atoms with van der Waals surface area (Å²) < 4.78 is 14.4. The highest BCUT2D eigenvalue weighted by molar-refractivity contribution is 7.15. The van der Waals surface area contributed by atoms with Gasteiger partial charge in [0, 0.05) is 22.8 Å². The number of nitrogens with zero attached hydrogens (tertiary/aromatic N) is 2. The summed E-state index contributed by atoms with van der Waals surface area (Å²) in [6, 6.07) is 5.11. The van der Waals surface area contributed by atoms with E-state index in [1.807, 2.05) is 49.7 Å². The highest BCUT2D eigenvalue weighted by atomic mass is 32.1. The number of nitrogen functional groups attached to an aromatic ring is 1. The lowest BCUT2D eigenvalue weighted by Gasteiger charge is -2.16. The number of nitrogens with two attached hydrogens (primary N) is 1. The summed E-state index contributed by atoms with van der Waals surface area (Å²) in [5.41, 5.74) is 7.68. The first-order valence-corrected chi connectivity index (χ1v) is 7.29. The normalized spacial score (nSPS) is 13.7. The Labute approximate surface area is 126 Å². The first-order valence-electron chi connectivity index (χ1n) is 6.48. The molecule has 1 aromatic heterocycles. The summed E-state index contributed by atoms with van der Waals surface area (Å²) in [5, 5.41) is 0.497. The number of hydrogen-bond donors (Lipinski definition) is 1. The molecule has 0 saturated carbocycles. The fourth-order valence-electron chi connectivity index (χ4n) is 2.17. The van der Waals surface area contributed by atoms with Crippen LogP contribution in [-0.4, -0.2) is 4.98 Å². The van der Waals surface area contributed by atoms with Crippen molar-refractivity contribution in [1.29, 1.82) is 0 Å². The summed E-state index contributed by atoms with van der Waals surface area (Å²) in [7, 11) is 0. The van der Waals surface area contributed by atoms with Gasteiger partial charge in [0.25, 0.3) is 0 Å². The molecule has 1 aliphatic heterocycles. The monoisotopic (exact) mass is 299 g/mol. The fraction of sp³-hybridized carbons (Fsp3) is 0.0625. The molecule has 0 fully saturated rings. The molecule has 3 nitrogen and oxygen atoms in total. The molecule has 3 rings (SSSR count). The van der Waals surface area contributed by atoms with Crippen LogP contribution in [0.2, 0.25) is 0 Å². The second kappa shape index (κ2) is 5.54. The molecule has 2 N–H and O–H groups in total. The van der Waals surface area contributed by atoms with Gasteiger partial charge in [-0.1, -0.05) is 18.2 Å². The molecule has 5 heteroatoms. The Morgan fingerprint density at radius 2 is 1.86 bits per heavy atom. The van der Waals surface area contributed by atoms with Crippen LogP contribution in [0.1, 0.15) is 4.88 Å². The van der Waals surface area contributed by atoms with Gasteiger partial charge in [-0.15, -0.1) is 11.3 Å². The van der Waals surface area contributed by atoms with Crippen LogP contribution in [0.5, 0.6) is 0 Å². The molecular formula is C16H14FN3S. The smallest absolute Gasteiger partial charge is 0.180 e. The van der Waals surface area contributed by atoms with Gasteiger partial charge in [-0.2, -0.15) is 0 Å². The zero-order chi connectivity index (χ0) is 14.8. The van der Waals surface area contributed by atoms with Crippen LogP contribution in [0.25, 0.3) is 11.3 Å². The second-order valence-electron chi connectivity index (χ2n) is 4.60. The van der Waals surface area contributed by atoms with E-state index in [0.29, 0.717) is 10.8 Å². The van der Waals surface area contributed by atoms with Gasteiger partial charge in [0.15, 0.2) is 5.13 Å². The van der Waals surface area contributed by atoms with Gasteiger partial charge in [0.1, 0.15) is 5.82 Å². The summed E-state index contributed by atoms with van der Waals surface area (Å²) in [4.78, 5) is 6.98. The number of allylic oxidation sites excluding steroid dienone is 4. The molecule has 1 aliphatic rings. The molecule has 0 amide bonds. The first-order chi connectivity index (χ1) is 10.1. The molecule has 21 heavy (non-hydrogen) atoms. The molecular weight excluding hydrogens is 285 g/mol. The number of halogens is 1. The van der Waals surface area contributed by atoms with E-state index < -0.39 is 0 Å². The van der Waals surface area contributed by atoms with Gasteiger partial charge in [-0.3, -0.25) is 0 Å². The van der Waals surface area contributed by atoms with Crippen molar-refractivity contribution in [2.75, 3.05) is 10.6 Å². The summed E-state index contributed by atoms with van der Waals surface area (Å²) in [6.07, 6.45) is 11.1. The molecule has 0 radical (unpaired) electrons. The third kappa shape index (κ3) is 2.73. The number of hydrogen-bond acceptors (Lipinski definition) is 4. The first kappa shape index (κ1) is 13.6. The molecule has 0 aliphatic carbocycles. The molecule has 0 atom stereocenters. The van der Waals surface area contributed by atoms with Gasteiger partial charge >= 0.3 is 0 Å². The zero-order valence-corrected chi connectivity index (χ0v) is 12.3. The summed E-state index contributed by atoms with van der Waals surface area (Å²) >= 11 is 1.41. The highest BCUT2D eigenvalue weighted by Crippen LogP contribution is 2.32. The quantitative estimate of drug-likeness (QED) is 0.901. The molecule has 0 saturated heterocycles. The number of benzene rings is 1. The summed E-state index contributed by atoms with van der Waals surface area (Å²) in [6.45, 7) is 1.93. The van der Waals surface area contributed by atoms with E-state index in [9.17, 15) is 4.39 Å². The molecule has 2 aromatic rings. The minimum absolute atomic E-state index is 0.297. The maximum atomic E-state index is 14.4. The second-order valence-corrected chi connectivity index (χ2v) is 5.83. The molecule has 0 bridgehead atoms. The van der Waals surface area contributed by atoms with Crippen molar-refractivity contribution in [3.63, 3.8) is 0 Å². The van der Waals surface area contributed by atoms with Crippen molar-refractivity contribution in [2.45, 2.75) is 6.92 Å². The lowest BCUT2D eigenvalue weighted by Crippen LogP contribution is -2.08. The van der Waals surface area contributed by atoms with E-state index in [4.69, 9.17) is 5.73 Å². The molecule has 2 heterocycles. The van der Waals surface area contributed by atoms with E-state index in [0.717, 1.165) is 16.1 Å². The molecule has 1 aromatic carbocycles. The lowest BCUT2D eigenvalue weighted by molar-refractivity contribution is 0.629. The molecule has 0 unspecified atom stereocenters. The largest absolute Gasteiger partial charge is 0.375 e. The predicted molar refractivity (Wildman–Crippen MR) is 86.6 cm³/mol. The highest BCUT2D eigenvalue weighted by Gasteiger charge is 2.13. The van der Waals surface area contributed by atoms with Gasteiger partial charge < -0.3 is 10.6 Å².